The summed E-state index contributed by atoms with van der Waals surface area (Å²) in [5, 5.41) is 8.67. The van der Waals surface area contributed by atoms with Crippen molar-refractivity contribution in [3.8, 4) is 0 Å². The van der Waals surface area contributed by atoms with E-state index in [1.54, 1.807) is 28.6 Å². The van der Waals surface area contributed by atoms with Gasteiger partial charge in [0.2, 0.25) is 11.1 Å². The Balaban J connectivity index is 1.76. The molecule has 1 aliphatic carbocycles. The van der Waals surface area contributed by atoms with Crippen LogP contribution in [0, 0.1) is 5.82 Å². The van der Waals surface area contributed by atoms with Gasteiger partial charge in [-0.15, -0.1) is 5.10 Å². The highest BCUT2D eigenvalue weighted by atomic mass is 32.2. The second kappa shape index (κ2) is 7.23. The molecular weight excluding hydrogens is 351 g/mol. The molecule has 136 valence electrons. The van der Waals surface area contributed by atoms with Crippen molar-refractivity contribution in [3.63, 3.8) is 0 Å². The Morgan fingerprint density at radius 1 is 1.31 bits per heavy atom. The van der Waals surface area contributed by atoms with Crippen LogP contribution in [0.1, 0.15) is 50.6 Å². The van der Waals surface area contributed by atoms with Gasteiger partial charge in [0.15, 0.2) is 5.78 Å². The summed E-state index contributed by atoms with van der Waals surface area (Å²) in [4.78, 5) is 17.3. The van der Waals surface area contributed by atoms with E-state index in [1.807, 2.05) is 0 Å². The van der Waals surface area contributed by atoms with Gasteiger partial charge >= 0.3 is 0 Å². The fourth-order valence-electron chi connectivity index (χ4n) is 3.46. The summed E-state index contributed by atoms with van der Waals surface area (Å²) in [6.07, 6.45) is 4.44. The number of rotatable bonds is 5. The van der Waals surface area contributed by atoms with E-state index in [9.17, 15) is 9.18 Å². The lowest BCUT2D eigenvalue weighted by Crippen LogP contribution is -2.31. The zero-order valence-corrected chi connectivity index (χ0v) is 15.5. The van der Waals surface area contributed by atoms with Crippen molar-refractivity contribution in [2.45, 2.75) is 50.2 Å². The monoisotopic (exact) mass is 372 g/mol. The minimum Gasteiger partial charge on any atom is -0.328 e. The average molecular weight is 372 g/mol. The van der Waals surface area contributed by atoms with Gasteiger partial charge in [0.25, 0.3) is 0 Å². The maximum atomic E-state index is 13.4. The number of ketones is 1. The number of nitrogens with one attached hydrogen (secondary N) is 1. The average Bonchev–Trinajstić information content (AvgIpc) is 3.04. The van der Waals surface area contributed by atoms with Gasteiger partial charge in [-0.25, -0.2) is 9.07 Å². The van der Waals surface area contributed by atoms with E-state index in [0.29, 0.717) is 17.5 Å². The summed E-state index contributed by atoms with van der Waals surface area (Å²) in [5.74, 6) is 1.47. The minimum absolute atomic E-state index is 0.134. The second-order valence-corrected chi connectivity index (χ2v) is 7.67. The molecule has 0 unspecified atom stereocenters. The lowest BCUT2D eigenvalue weighted by Gasteiger charge is -2.32. The molecule has 0 fully saturated rings. The molecule has 5 nitrogen and oxygen atoms in total. The van der Waals surface area contributed by atoms with Crippen LogP contribution >= 0.6 is 11.8 Å². The van der Waals surface area contributed by atoms with E-state index in [1.165, 1.54) is 12.1 Å². The molecule has 2 heterocycles. The summed E-state index contributed by atoms with van der Waals surface area (Å²) in [5.41, 5.74) is 2.53. The molecule has 0 radical (unpaired) electrons. The molecule has 0 amide bonds. The molecule has 1 atom stereocenters. The molecule has 0 spiro atoms. The van der Waals surface area contributed by atoms with Crippen molar-refractivity contribution in [1.82, 2.24) is 14.8 Å². The molecule has 7 heteroatoms. The fourth-order valence-corrected chi connectivity index (χ4v) is 4.37. The van der Waals surface area contributed by atoms with Crippen LogP contribution < -0.4 is 5.32 Å². The van der Waals surface area contributed by atoms with E-state index < -0.39 is 0 Å². The minimum atomic E-state index is -0.345. The summed E-state index contributed by atoms with van der Waals surface area (Å²) < 4.78 is 15.2. The van der Waals surface area contributed by atoms with Crippen molar-refractivity contribution >= 4 is 23.5 Å². The standard InChI is InChI=1S/C19H21FN4OS/c1-2-3-11-26-19-22-18-21-14-5-4-6-15(25)16(14)17(24(18)23-19)12-7-9-13(20)10-8-12/h7-10,17H,2-6,11H2,1H3,(H,21,22,23)/t17-/m1/s1. The molecule has 2 aliphatic rings. The zero-order valence-electron chi connectivity index (χ0n) is 14.7. The van der Waals surface area contributed by atoms with Crippen molar-refractivity contribution in [2.24, 2.45) is 0 Å². The van der Waals surface area contributed by atoms with Gasteiger partial charge in [-0.3, -0.25) is 4.79 Å². The molecule has 26 heavy (non-hydrogen) atoms. The molecule has 1 N–H and O–H groups in total. The Hall–Kier alpha value is -2.15. The number of benzene rings is 1. The quantitative estimate of drug-likeness (QED) is 0.625. The molecule has 2 aromatic rings. The highest BCUT2D eigenvalue weighted by Gasteiger charge is 2.36. The molecular formula is C19H21FN4OS. The van der Waals surface area contributed by atoms with Crippen LogP contribution in [0.2, 0.25) is 0 Å². The Kier molecular flexibility index (Phi) is 4.80. The largest absolute Gasteiger partial charge is 0.328 e. The van der Waals surface area contributed by atoms with Crippen LogP contribution in [0.4, 0.5) is 10.3 Å². The topological polar surface area (TPSA) is 59.8 Å². The fraction of sp³-hybridized carbons (Fsp3) is 0.421. The maximum Gasteiger partial charge on any atom is 0.227 e. The molecule has 0 saturated carbocycles. The predicted octanol–water partition coefficient (Wildman–Crippen LogP) is 4.33. The number of halogens is 1. The van der Waals surface area contributed by atoms with E-state index in [-0.39, 0.29) is 17.6 Å². The predicted molar refractivity (Wildman–Crippen MR) is 99.7 cm³/mol. The van der Waals surface area contributed by atoms with E-state index in [0.717, 1.165) is 48.3 Å². The number of hydrogen-bond donors (Lipinski definition) is 1. The van der Waals surface area contributed by atoms with Crippen LogP contribution in [-0.2, 0) is 4.79 Å². The summed E-state index contributed by atoms with van der Waals surface area (Å²) in [6.45, 7) is 2.15. The van der Waals surface area contributed by atoms with Gasteiger partial charge in [0, 0.05) is 23.4 Å². The van der Waals surface area contributed by atoms with Crippen LogP contribution in [0.25, 0.3) is 0 Å². The lowest BCUT2D eigenvalue weighted by molar-refractivity contribution is -0.116. The smallest absolute Gasteiger partial charge is 0.227 e. The first-order valence-electron chi connectivity index (χ1n) is 9.05. The summed E-state index contributed by atoms with van der Waals surface area (Å²) in [7, 11) is 0. The Morgan fingerprint density at radius 3 is 2.88 bits per heavy atom. The number of carbonyl (C=O) groups excluding carboxylic acids is 1. The Bertz CT molecular complexity index is 859. The van der Waals surface area contributed by atoms with Crippen molar-refractivity contribution in [2.75, 3.05) is 11.1 Å². The van der Waals surface area contributed by atoms with Gasteiger partial charge in [-0.2, -0.15) is 4.98 Å². The molecule has 4 rings (SSSR count). The number of anilines is 1. The number of thioether (sulfide) groups is 1. The van der Waals surface area contributed by atoms with Crippen molar-refractivity contribution in [1.29, 1.82) is 0 Å². The summed E-state index contributed by atoms with van der Waals surface area (Å²) in [6, 6.07) is 5.97. The normalized spacial score (nSPS) is 19.2. The van der Waals surface area contributed by atoms with E-state index >= 15 is 0 Å². The number of fused-ring (bicyclic) bond motifs is 1. The van der Waals surface area contributed by atoms with Gasteiger partial charge in [0.1, 0.15) is 11.9 Å². The molecule has 1 aromatic carbocycles. The number of allylic oxidation sites excluding steroid dienone is 2. The maximum absolute atomic E-state index is 13.4. The van der Waals surface area contributed by atoms with Crippen molar-refractivity contribution < 1.29 is 9.18 Å². The van der Waals surface area contributed by atoms with Gasteiger partial charge in [-0.1, -0.05) is 37.2 Å². The number of nitrogens with zero attached hydrogens (tertiary/aromatic N) is 3. The highest BCUT2D eigenvalue weighted by Crippen LogP contribution is 2.40. The SMILES string of the molecule is CCCCSc1nc2n(n1)[C@H](c1ccc(F)cc1)C1=C(CCCC1=O)N2. The molecule has 0 saturated heterocycles. The van der Waals surface area contributed by atoms with Gasteiger partial charge in [0.05, 0.1) is 0 Å². The first-order chi connectivity index (χ1) is 12.7. The van der Waals surface area contributed by atoms with Gasteiger partial charge in [-0.05, 0) is 37.0 Å². The van der Waals surface area contributed by atoms with Gasteiger partial charge < -0.3 is 5.32 Å². The second-order valence-electron chi connectivity index (χ2n) is 6.61. The third kappa shape index (κ3) is 3.16. The van der Waals surface area contributed by atoms with E-state index in [2.05, 4.69) is 22.3 Å². The molecule has 0 bridgehead atoms. The van der Waals surface area contributed by atoms with Crippen LogP contribution in [0.3, 0.4) is 0 Å². The number of carbonyl (C=O) groups is 1. The number of unbranched alkanes of at least 4 members (excludes halogenated alkanes) is 1. The number of aromatic nitrogens is 3. The van der Waals surface area contributed by atoms with Crippen LogP contribution in [0.5, 0.6) is 0 Å². The molecule has 1 aromatic heterocycles. The Morgan fingerprint density at radius 2 is 2.12 bits per heavy atom. The van der Waals surface area contributed by atoms with Crippen LogP contribution in [-0.4, -0.2) is 26.3 Å². The first kappa shape index (κ1) is 17.3. The number of Topliss-reactive ketones (excluding diaryl/α,β-unsaturated/α-hetero) is 1. The third-order valence-corrected chi connectivity index (χ3v) is 5.69. The molecule has 1 aliphatic heterocycles. The lowest BCUT2D eigenvalue weighted by atomic mass is 9.85. The Labute approximate surface area is 156 Å². The number of hydrogen-bond acceptors (Lipinski definition) is 5. The zero-order chi connectivity index (χ0) is 18.1. The third-order valence-electron chi connectivity index (χ3n) is 4.76. The highest BCUT2D eigenvalue weighted by molar-refractivity contribution is 7.99. The van der Waals surface area contributed by atoms with Crippen LogP contribution in [0.15, 0.2) is 40.7 Å². The summed E-state index contributed by atoms with van der Waals surface area (Å²) >= 11 is 1.63. The van der Waals surface area contributed by atoms with Crippen molar-refractivity contribution in [3.05, 3.63) is 46.9 Å². The first-order valence-corrected chi connectivity index (χ1v) is 10.0. The van der Waals surface area contributed by atoms with E-state index in [4.69, 9.17) is 0 Å².